The van der Waals surface area contributed by atoms with Gasteiger partial charge in [0.05, 0.1) is 6.42 Å². The third-order valence-corrected chi connectivity index (χ3v) is 6.13. The van der Waals surface area contributed by atoms with Gasteiger partial charge < -0.3 is 25.2 Å². The van der Waals surface area contributed by atoms with E-state index >= 15 is 0 Å². The fraction of sp³-hybridized carbons (Fsp3) is 0.448. The highest BCUT2D eigenvalue weighted by Crippen LogP contribution is 2.44. The van der Waals surface area contributed by atoms with E-state index in [1.54, 1.807) is 20.8 Å². The number of hydrogen-bond donors (Lipinski definition) is 3. The van der Waals surface area contributed by atoms with Gasteiger partial charge in [0.1, 0.15) is 18.2 Å². The van der Waals surface area contributed by atoms with Crippen molar-refractivity contribution in [2.24, 2.45) is 0 Å². The number of carbonyl (C=O) groups excluding carboxylic acids is 3. The van der Waals surface area contributed by atoms with Crippen LogP contribution in [0, 0.1) is 0 Å². The van der Waals surface area contributed by atoms with Gasteiger partial charge in [-0.05, 0) is 62.3 Å². The average molecular weight is 525 g/mol. The molecule has 9 heteroatoms. The molecule has 9 nitrogen and oxygen atoms in total. The topological polar surface area (TPSA) is 131 Å². The van der Waals surface area contributed by atoms with Gasteiger partial charge in [0, 0.05) is 18.9 Å². The molecule has 38 heavy (non-hydrogen) atoms. The Morgan fingerprint density at radius 1 is 0.921 bits per heavy atom. The molecule has 1 aliphatic carbocycles. The van der Waals surface area contributed by atoms with Crippen LogP contribution >= 0.6 is 0 Å². The van der Waals surface area contributed by atoms with Crippen molar-refractivity contribution in [2.45, 2.75) is 70.4 Å². The zero-order valence-corrected chi connectivity index (χ0v) is 22.1. The summed E-state index contributed by atoms with van der Waals surface area (Å²) in [5.74, 6) is -2.03. The van der Waals surface area contributed by atoms with Crippen molar-refractivity contribution >= 4 is 23.9 Å². The number of amides is 2. The minimum absolute atomic E-state index is 0.0841. The first-order valence-corrected chi connectivity index (χ1v) is 12.9. The molecule has 2 aromatic carbocycles. The molecule has 204 valence electrons. The predicted octanol–water partition coefficient (Wildman–Crippen LogP) is 4.39. The van der Waals surface area contributed by atoms with Crippen LogP contribution < -0.4 is 10.6 Å². The first-order chi connectivity index (χ1) is 18.0. The molecule has 1 atom stereocenters. The Labute approximate surface area is 222 Å². The van der Waals surface area contributed by atoms with Crippen LogP contribution in [0.5, 0.6) is 0 Å². The summed E-state index contributed by atoms with van der Waals surface area (Å²) < 4.78 is 11.1. The van der Waals surface area contributed by atoms with E-state index in [1.807, 2.05) is 36.4 Å². The lowest BCUT2D eigenvalue weighted by Gasteiger charge is -2.24. The third-order valence-electron chi connectivity index (χ3n) is 6.13. The largest absolute Gasteiger partial charge is 0.481 e. The Morgan fingerprint density at radius 3 is 2.11 bits per heavy atom. The first-order valence-electron chi connectivity index (χ1n) is 12.9. The number of aliphatic carboxylic acids is 1. The molecule has 0 heterocycles. The van der Waals surface area contributed by atoms with E-state index < -0.39 is 29.7 Å². The highest BCUT2D eigenvalue weighted by atomic mass is 16.6. The van der Waals surface area contributed by atoms with E-state index in [9.17, 15) is 19.2 Å². The van der Waals surface area contributed by atoms with Crippen LogP contribution in [0.3, 0.4) is 0 Å². The summed E-state index contributed by atoms with van der Waals surface area (Å²) in [4.78, 5) is 47.8. The van der Waals surface area contributed by atoms with Gasteiger partial charge in [0.2, 0.25) is 5.91 Å². The second-order valence-electron chi connectivity index (χ2n) is 10.3. The number of carbonyl (C=O) groups is 4. The molecule has 2 amide bonds. The molecule has 0 spiro atoms. The summed E-state index contributed by atoms with van der Waals surface area (Å²) in [6, 6.07) is 15.2. The standard InChI is InChI=1S/C29H36N2O7/c1-29(2,3)38-27(35)24(14-8-9-17-30-25(32)15-16-26(33)34)31-28(36)37-18-23-21-12-6-4-10-19(21)20-11-5-7-13-22(20)23/h4-7,10-13,23-24H,8-9,14-18H2,1-3H3,(H,30,32)(H,31,36)(H,33,34)/t24-/m0/s1. The van der Waals surface area contributed by atoms with Crippen molar-refractivity contribution in [3.8, 4) is 11.1 Å². The van der Waals surface area contributed by atoms with Crippen LogP contribution in [0.1, 0.15) is 69.9 Å². The minimum atomic E-state index is -1.03. The Kier molecular flexibility index (Phi) is 9.87. The van der Waals surface area contributed by atoms with Gasteiger partial charge in [0.15, 0.2) is 0 Å². The number of carboxylic acid groups (broad SMARTS) is 1. The summed E-state index contributed by atoms with van der Waals surface area (Å²) in [5, 5.41) is 14.0. The molecule has 0 bridgehead atoms. The molecule has 3 rings (SSSR count). The van der Waals surface area contributed by atoms with Crippen molar-refractivity contribution < 1.29 is 33.8 Å². The second kappa shape index (κ2) is 13.1. The predicted molar refractivity (Wildman–Crippen MR) is 142 cm³/mol. The summed E-state index contributed by atoms with van der Waals surface area (Å²) in [6.07, 6.45) is 0.349. The lowest BCUT2D eigenvalue weighted by atomic mass is 9.98. The highest BCUT2D eigenvalue weighted by Gasteiger charge is 2.30. The zero-order valence-electron chi connectivity index (χ0n) is 22.1. The molecular weight excluding hydrogens is 488 g/mol. The fourth-order valence-electron chi connectivity index (χ4n) is 4.41. The molecule has 3 N–H and O–H groups in total. The fourth-order valence-corrected chi connectivity index (χ4v) is 4.41. The van der Waals surface area contributed by atoms with E-state index in [0.717, 1.165) is 22.3 Å². The van der Waals surface area contributed by atoms with E-state index in [0.29, 0.717) is 25.8 Å². The Bertz CT molecular complexity index is 1110. The van der Waals surface area contributed by atoms with Crippen molar-refractivity contribution in [1.82, 2.24) is 10.6 Å². The van der Waals surface area contributed by atoms with Crippen LogP contribution in [0.4, 0.5) is 4.79 Å². The molecule has 0 fully saturated rings. The van der Waals surface area contributed by atoms with Gasteiger partial charge >= 0.3 is 18.0 Å². The Balaban J connectivity index is 1.54. The molecular formula is C29H36N2O7. The van der Waals surface area contributed by atoms with Crippen LogP contribution in [0.2, 0.25) is 0 Å². The normalized spacial score (nSPS) is 13.1. The van der Waals surface area contributed by atoms with E-state index in [2.05, 4.69) is 22.8 Å². The lowest BCUT2D eigenvalue weighted by molar-refractivity contribution is -0.157. The first kappa shape index (κ1) is 28.7. The highest BCUT2D eigenvalue weighted by molar-refractivity contribution is 5.82. The van der Waals surface area contributed by atoms with Gasteiger partial charge in [-0.1, -0.05) is 48.5 Å². The number of fused-ring (bicyclic) bond motifs is 3. The Morgan fingerprint density at radius 2 is 1.53 bits per heavy atom. The lowest BCUT2D eigenvalue weighted by Crippen LogP contribution is -2.44. The van der Waals surface area contributed by atoms with Crippen molar-refractivity contribution in [3.63, 3.8) is 0 Å². The number of alkyl carbamates (subject to hydrolysis) is 1. The summed E-state index contributed by atoms with van der Waals surface area (Å²) in [7, 11) is 0. The number of hydrogen-bond acceptors (Lipinski definition) is 6. The quantitative estimate of drug-likeness (QED) is 0.277. The molecule has 0 radical (unpaired) electrons. The van der Waals surface area contributed by atoms with E-state index in [4.69, 9.17) is 14.6 Å². The van der Waals surface area contributed by atoms with Crippen molar-refractivity contribution in [2.75, 3.05) is 13.2 Å². The smallest absolute Gasteiger partial charge is 0.407 e. The molecule has 1 aliphatic rings. The van der Waals surface area contributed by atoms with Gasteiger partial charge in [-0.2, -0.15) is 0 Å². The number of carboxylic acids is 1. The molecule has 0 saturated carbocycles. The number of esters is 1. The van der Waals surface area contributed by atoms with Crippen LogP contribution in [-0.2, 0) is 23.9 Å². The summed E-state index contributed by atoms with van der Waals surface area (Å²) in [5.41, 5.74) is 3.71. The van der Waals surface area contributed by atoms with Crippen molar-refractivity contribution in [3.05, 3.63) is 59.7 Å². The number of nitrogens with one attached hydrogen (secondary N) is 2. The van der Waals surface area contributed by atoms with E-state index in [1.165, 1.54) is 0 Å². The number of benzene rings is 2. The van der Waals surface area contributed by atoms with Gasteiger partial charge in [-0.3, -0.25) is 9.59 Å². The second-order valence-corrected chi connectivity index (χ2v) is 10.3. The molecule has 0 aromatic heterocycles. The number of unbranched alkanes of at least 4 members (excludes halogenated alkanes) is 1. The molecule has 0 aliphatic heterocycles. The molecule has 0 saturated heterocycles. The van der Waals surface area contributed by atoms with Crippen LogP contribution in [0.25, 0.3) is 11.1 Å². The van der Waals surface area contributed by atoms with Crippen LogP contribution in [0.15, 0.2) is 48.5 Å². The molecule has 0 unspecified atom stereocenters. The number of ether oxygens (including phenoxy) is 2. The SMILES string of the molecule is CC(C)(C)OC(=O)[C@H](CCCCNC(=O)CCC(=O)O)NC(=O)OCC1c2ccccc2-c2ccccc21. The Hall–Kier alpha value is -3.88. The third kappa shape index (κ3) is 8.33. The van der Waals surface area contributed by atoms with E-state index in [-0.39, 0.29) is 31.3 Å². The van der Waals surface area contributed by atoms with Gasteiger partial charge in [-0.15, -0.1) is 0 Å². The van der Waals surface area contributed by atoms with Crippen molar-refractivity contribution in [1.29, 1.82) is 0 Å². The maximum Gasteiger partial charge on any atom is 0.407 e. The zero-order chi connectivity index (χ0) is 27.7. The van der Waals surface area contributed by atoms with Gasteiger partial charge in [-0.25, -0.2) is 9.59 Å². The monoisotopic (exact) mass is 524 g/mol. The van der Waals surface area contributed by atoms with Crippen LogP contribution in [-0.4, -0.2) is 53.8 Å². The average Bonchev–Trinajstić information content (AvgIpc) is 3.18. The molecule has 2 aromatic rings. The summed E-state index contributed by atoms with van der Waals surface area (Å²) >= 11 is 0. The minimum Gasteiger partial charge on any atom is -0.481 e. The summed E-state index contributed by atoms with van der Waals surface area (Å²) in [6.45, 7) is 5.72. The maximum atomic E-state index is 12.8. The number of rotatable bonds is 12. The maximum absolute atomic E-state index is 12.8. The van der Waals surface area contributed by atoms with Gasteiger partial charge in [0.25, 0.3) is 0 Å².